The summed E-state index contributed by atoms with van der Waals surface area (Å²) in [6.07, 6.45) is 2.29. The van der Waals surface area contributed by atoms with Crippen LogP contribution in [0.4, 0.5) is 4.39 Å². The lowest BCUT2D eigenvalue weighted by Crippen LogP contribution is -2.41. The molecule has 3 nitrogen and oxygen atoms in total. The molecule has 1 atom stereocenters. The van der Waals surface area contributed by atoms with Gasteiger partial charge in [0.1, 0.15) is 5.82 Å². The van der Waals surface area contributed by atoms with Gasteiger partial charge in [-0.25, -0.2) is 4.39 Å². The Labute approximate surface area is 145 Å². The molecule has 1 amide bonds. The Kier molecular flexibility index (Phi) is 5.79. The number of halogens is 2. The molecule has 3 N–H and O–H groups in total. The summed E-state index contributed by atoms with van der Waals surface area (Å²) in [7, 11) is 0. The van der Waals surface area contributed by atoms with E-state index in [4.69, 9.17) is 5.73 Å². The van der Waals surface area contributed by atoms with Crippen LogP contribution >= 0.6 is 23.7 Å². The van der Waals surface area contributed by atoms with Crippen molar-refractivity contribution in [1.29, 1.82) is 0 Å². The van der Waals surface area contributed by atoms with Crippen molar-refractivity contribution in [2.24, 2.45) is 11.7 Å². The first-order valence-corrected chi connectivity index (χ1v) is 8.27. The lowest BCUT2D eigenvalue weighted by atomic mass is 10.1. The first kappa shape index (κ1) is 17.9. The zero-order chi connectivity index (χ0) is 15.7. The highest BCUT2D eigenvalue weighted by molar-refractivity contribution is 7.14. The molecule has 0 spiro atoms. The second-order valence-electron chi connectivity index (χ2n) is 5.74. The van der Waals surface area contributed by atoms with Gasteiger partial charge in [-0.1, -0.05) is 12.1 Å². The molecule has 6 heteroatoms. The van der Waals surface area contributed by atoms with Crippen molar-refractivity contribution >= 4 is 29.7 Å². The Bertz CT molecular complexity index is 682. The summed E-state index contributed by atoms with van der Waals surface area (Å²) >= 11 is 1.46. The van der Waals surface area contributed by atoms with Gasteiger partial charge in [0.25, 0.3) is 5.91 Å². The van der Waals surface area contributed by atoms with Crippen LogP contribution in [0, 0.1) is 18.7 Å². The fourth-order valence-electron chi connectivity index (χ4n) is 2.62. The van der Waals surface area contributed by atoms with Crippen molar-refractivity contribution in [3.8, 4) is 11.1 Å². The molecular formula is C17H20ClFN2OS. The third kappa shape index (κ3) is 4.10. The molecule has 0 radical (unpaired) electrons. The summed E-state index contributed by atoms with van der Waals surface area (Å²) < 4.78 is 13.0. The van der Waals surface area contributed by atoms with Gasteiger partial charge in [0.15, 0.2) is 0 Å². The van der Waals surface area contributed by atoms with Crippen LogP contribution in [0.2, 0.25) is 0 Å². The zero-order valence-electron chi connectivity index (χ0n) is 12.8. The van der Waals surface area contributed by atoms with E-state index in [1.807, 2.05) is 13.0 Å². The molecule has 0 saturated heterocycles. The standard InChI is InChI=1S/C17H19FN2OS.ClH/c1-10-14(11-4-6-13(18)7-5-11)8-16(22-10)17(21)20-15(9-19)12-2-3-12;/h4-8,12,15H,2-3,9,19H2,1H3,(H,20,21);1H. The minimum Gasteiger partial charge on any atom is -0.347 e. The highest BCUT2D eigenvalue weighted by atomic mass is 35.5. The van der Waals surface area contributed by atoms with Crippen LogP contribution in [0.15, 0.2) is 30.3 Å². The molecule has 1 aliphatic carbocycles. The Morgan fingerprint density at radius 3 is 2.61 bits per heavy atom. The van der Waals surface area contributed by atoms with Crippen molar-refractivity contribution in [2.45, 2.75) is 25.8 Å². The molecule has 2 aromatic rings. The van der Waals surface area contributed by atoms with E-state index < -0.39 is 0 Å². The number of carbonyl (C=O) groups excluding carboxylic acids is 1. The topological polar surface area (TPSA) is 55.1 Å². The second-order valence-corrected chi connectivity index (χ2v) is 7.00. The van der Waals surface area contributed by atoms with E-state index in [9.17, 15) is 9.18 Å². The van der Waals surface area contributed by atoms with E-state index in [1.54, 1.807) is 12.1 Å². The first-order chi connectivity index (χ1) is 10.6. The molecule has 1 heterocycles. The average Bonchev–Trinajstić information content (AvgIpc) is 3.28. The number of aryl methyl sites for hydroxylation is 1. The summed E-state index contributed by atoms with van der Waals surface area (Å²) in [6.45, 7) is 2.45. The summed E-state index contributed by atoms with van der Waals surface area (Å²) in [5.41, 5.74) is 7.63. The number of carbonyl (C=O) groups is 1. The molecule has 1 unspecified atom stereocenters. The quantitative estimate of drug-likeness (QED) is 0.859. The van der Waals surface area contributed by atoms with Crippen LogP contribution in [-0.2, 0) is 0 Å². The van der Waals surface area contributed by atoms with Gasteiger partial charge >= 0.3 is 0 Å². The molecule has 1 aromatic carbocycles. The molecule has 1 saturated carbocycles. The zero-order valence-corrected chi connectivity index (χ0v) is 14.5. The van der Waals surface area contributed by atoms with Crippen molar-refractivity contribution < 1.29 is 9.18 Å². The van der Waals surface area contributed by atoms with Crippen molar-refractivity contribution in [3.05, 3.63) is 45.9 Å². The molecular weight excluding hydrogens is 335 g/mol. The first-order valence-electron chi connectivity index (χ1n) is 7.46. The molecule has 124 valence electrons. The minimum atomic E-state index is -0.259. The minimum absolute atomic E-state index is 0. The molecule has 0 bridgehead atoms. The van der Waals surface area contributed by atoms with E-state index in [-0.39, 0.29) is 30.2 Å². The number of hydrogen-bond donors (Lipinski definition) is 2. The summed E-state index contributed by atoms with van der Waals surface area (Å²) in [6, 6.07) is 8.29. The summed E-state index contributed by atoms with van der Waals surface area (Å²) in [5, 5.41) is 3.03. The van der Waals surface area contributed by atoms with Gasteiger partial charge in [-0.05, 0) is 55.0 Å². The van der Waals surface area contributed by atoms with E-state index >= 15 is 0 Å². The molecule has 0 aliphatic heterocycles. The third-order valence-electron chi connectivity index (χ3n) is 4.06. The SMILES string of the molecule is Cc1sc(C(=O)NC(CN)C2CC2)cc1-c1ccc(F)cc1.Cl. The summed E-state index contributed by atoms with van der Waals surface area (Å²) in [4.78, 5) is 14.1. The summed E-state index contributed by atoms with van der Waals surface area (Å²) in [5.74, 6) is 0.209. The van der Waals surface area contributed by atoms with Gasteiger partial charge < -0.3 is 11.1 Å². The molecule has 1 aliphatic rings. The second kappa shape index (κ2) is 7.43. The van der Waals surface area contributed by atoms with Gasteiger partial charge in [0.05, 0.1) is 4.88 Å². The number of hydrogen-bond acceptors (Lipinski definition) is 3. The number of amides is 1. The maximum atomic E-state index is 13.0. The van der Waals surface area contributed by atoms with Crippen LogP contribution in [0.25, 0.3) is 11.1 Å². The molecule has 3 rings (SSSR count). The van der Waals surface area contributed by atoms with Crippen LogP contribution in [0.1, 0.15) is 27.4 Å². The average molecular weight is 355 g/mol. The van der Waals surface area contributed by atoms with Gasteiger partial charge in [0.2, 0.25) is 0 Å². The van der Waals surface area contributed by atoms with Crippen LogP contribution < -0.4 is 11.1 Å². The Morgan fingerprint density at radius 2 is 2.04 bits per heavy atom. The van der Waals surface area contributed by atoms with E-state index in [0.717, 1.165) is 28.8 Å². The van der Waals surface area contributed by atoms with E-state index in [1.165, 1.54) is 23.5 Å². The third-order valence-corrected chi connectivity index (χ3v) is 5.11. The number of nitrogens with two attached hydrogens (primary N) is 1. The number of benzene rings is 1. The number of rotatable bonds is 5. The number of thiophene rings is 1. The predicted molar refractivity (Wildman–Crippen MR) is 94.7 cm³/mol. The van der Waals surface area contributed by atoms with Crippen LogP contribution in [-0.4, -0.2) is 18.5 Å². The van der Waals surface area contributed by atoms with Gasteiger partial charge in [-0.3, -0.25) is 4.79 Å². The smallest absolute Gasteiger partial charge is 0.261 e. The van der Waals surface area contributed by atoms with Gasteiger partial charge in [-0.2, -0.15) is 0 Å². The predicted octanol–water partition coefficient (Wildman–Crippen LogP) is 3.75. The highest BCUT2D eigenvalue weighted by Gasteiger charge is 2.31. The fourth-order valence-corrected chi connectivity index (χ4v) is 3.56. The van der Waals surface area contributed by atoms with Gasteiger partial charge in [-0.15, -0.1) is 23.7 Å². The Hall–Kier alpha value is -1.43. The molecule has 23 heavy (non-hydrogen) atoms. The van der Waals surface area contributed by atoms with Crippen LogP contribution in [0.3, 0.4) is 0 Å². The van der Waals surface area contributed by atoms with Crippen LogP contribution in [0.5, 0.6) is 0 Å². The highest BCUT2D eigenvalue weighted by Crippen LogP contribution is 2.34. The lowest BCUT2D eigenvalue weighted by Gasteiger charge is -2.15. The Balaban J connectivity index is 0.00000192. The van der Waals surface area contributed by atoms with Crippen molar-refractivity contribution in [2.75, 3.05) is 6.54 Å². The van der Waals surface area contributed by atoms with E-state index in [2.05, 4.69) is 5.32 Å². The van der Waals surface area contributed by atoms with Crippen molar-refractivity contribution in [3.63, 3.8) is 0 Å². The maximum absolute atomic E-state index is 13.0. The van der Waals surface area contributed by atoms with E-state index in [0.29, 0.717) is 17.3 Å². The normalized spacial score (nSPS) is 14.9. The van der Waals surface area contributed by atoms with Crippen molar-refractivity contribution in [1.82, 2.24) is 5.32 Å². The van der Waals surface area contributed by atoms with Gasteiger partial charge in [0, 0.05) is 17.5 Å². The fraction of sp³-hybridized carbons (Fsp3) is 0.353. The maximum Gasteiger partial charge on any atom is 0.261 e. The largest absolute Gasteiger partial charge is 0.347 e. The molecule has 1 fully saturated rings. The Morgan fingerprint density at radius 1 is 1.39 bits per heavy atom. The monoisotopic (exact) mass is 354 g/mol. The lowest BCUT2D eigenvalue weighted by molar-refractivity contribution is 0.0937. The molecule has 1 aromatic heterocycles. The number of nitrogens with one attached hydrogen (secondary N) is 1.